The fourth-order valence-corrected chi connectivity index (χ4v) is 3.35. The van der Waals surface area contributed by atoms with Crippen molar-refractivity contribution in [3.05, 3.63) is 82.6 Å². The molecule has 0 spiro atoms. The van der Waals surface area contributed by atoms with Crippen LogP contribution in [0.5, 0.6) is 5.75 Å². The molecule has 144 valence electrons. The molecule has 3 rings (SSSR count). The number of carbonyl (C=O) groups excluding carboxylic acids is 2. The average Bonchev–Trinajstić information content (AvgIpc) is 3.26. The van der Waals surface area contributed by atoms with Gasteiger partial charge in [0.2, 0.25) is 5.91 Å². The zero-order valence-electron chi connectivity index (χ0n) is 15.6. The summed E-state index contributed by atoms with van der Waals surface area (Å²) < 4.78 is 5.78. The number of nitrogens with zero attached hydrogens (tertiary/aromatic N) is 1. The number of hydrogen-bond acceptors (Lipinski definition) is 4. The normalized spacial score (nSPS) is 10.3. The minimum atomic E-state index is -0.122. The molecule has 2 aromatic carbocycles. The molecule has 0 radical (unpaired) electrons. The van der Waals surface area contributed by atoms with Gasteiger partial charge >= 0.3 is 0 Å². The van der Waals surface area contributed by atoms with Crippen molar-refractivity contribution in [2.75, 3.05) is 18.0 Å². The summed E-state index contributed by atoms with van der Waals surface area (Å²) in [6.45, 7) is 2.78. The Kier molecular flexibility index (Phi) is 6.81. The molecule has 0 saturated carbocycles. The fraction of sp³-hybridized carbons (Fsp3) is 0.182. The van der Waals surface area contributed by atoms with Gasteiger partial charge in [-0.15, -0.1) is 11.3 Å². The van der Waals surface area contributed by atoms with E-state index in [1.54, 1.807) is 11.0 Å². The summed E-state index contributed by atoms with van der Waals surface area (Å²) in [5, 5.41) is 4.70. The summed E-state index contributed by atoms with van der Waals surface area (Å²) in [7, 11) is 0. The van der Waals surface area contributed by atoms with Crippen LogP contribution in [0.15, 0.2) is 72.1 Å². The van der Waals surface area contributed by atoms with Crippen molar-refractivity contribution >= 4 is 28.8 Å². The van der Waals surface area contributed by atoms with E-state index in [0.717, 1.165) is 17.0 Å². The van der Waals surface area contributed by atoms with Crippen molar-refractivity contribution in [3.63, 3.8) is 0 Å². The minimum absolute atomic E-state index is 0.0803. The predicted octanol–water partition coefficient (Wildman–Crippen LogP) is 4.11. The van der Waals surface area contributed by atoms with Gasteiger partial charge in [-0.05, 0) is 41.3 Å². The van der Waals surface area contributed by atoms with Gasteiger partial charge in [0, 0.05) is 25.7 Å². The summed E-state index contributed by atoms with van der Waals surface area (Å²) >= 11 is 1.39. The van der Waals surface area contributed by atoms with E-state index in [1.807, 2.05) is 66.0 Å². The Morgan fingerprint density at radius 1 is 1.00 bits per heavy atom. The van der Waals surface area contributed by atoms with E-state index in [-0.39, 0.29) is 11.8 Å². The number of rotatable bonds is 8. The number of nitrogens with one attached hydrogen (secondary N) is 1. The Labute approximate surface area is 168 Å². The molecule has 28 heavy (non-hydrogen) atoms. The van der Waals surface area contributed by atoms with Crippen molar-refractivity contribution in [2.24, 2.45) is 0 Å². The summed E-state index contributed by atoms with van der Waals surface area (Å²) in [4.78, 5) is 26.3. The van der Waals surface area contributed by atoms with E-state index in [4.69, 9.17) is 4.74 Å². The SMILES string of the molecule is CC(=O)N(CCNC(=O)c1cccs1)c1ccc(OCc2ccccc2)cc1. The van der Waals surface area contributed by atoms with Crippen molar-refractivity contribution < 1.29 is 14.3 Å². The Morgan fingerprint density at radius 3 is 2.39 bits per heavy atom. The smallest absolute Gasteiger partial charge is 0.261 e. The summed E-state index contributed by atoms with van der Waals surface area (Å²) in [5.74, 6) is 0.536. The first kappa shape index (κ1) is 19.6. The van der Waals surface area contributed by atoms with E-state index in [1.165, 1.54) is 18.3 Å². The number of anilines is 1. The fourth-order valence-electron chi connectivity index (χ4n) is 2.71. The lowest BCUT2D eigenvalue weighted by Gasteiger charge is -2.21. The van der Waals surface area contributed by atoms with Crippen LogP contribution >= 0.6 is 11.3 Å². The molecule has 0 aliphatic carbocycles. The highest BCUT2D eigenvalue weighted by Crippen LogP contribution is 2.20. The Balaban J connectivity index is 1.54. The first-order valence-corrected chi connectivity index (χ1v) is 9.88. The highest BCUT2D eigenvalue weighted by molar-refractivity contribution is 7.12. The van der Waals surface area contributed by atoms with E-state index in [2.05, 4.69) is 5.32 Å². The molecule has 3 aromatic rings. The molecule has 0 aliphatic rings. The summed E-state index contributed by atoms with van der Waals surface area (Å²) in [6.07, 6.45) is 0. The van der Waals surface area contributed by atoms with Crippen LogP contribution in [-0.4, -0.2) is 24.9 Å². The van der Waals surface area contributed by atoms with Crippen LogP contribution in [0.4, 0.5) is 5.69 Å². The maximum atomic E-state index is 12.0. The van der Waals surface area contributed by atoms with Crippen molar-refractivity contribution in [1.82, 2.24) is 5.32 Å². The molecule has 1 aromatic heterocycles. The molecule has 1 N–H and O–H groups in total. The Morgan fingerprint density at radius 2 is 1.75 bits per heavy atom. The van der Waals surface area contributed by atoms with Gasteiger partial charge in [0.1, 0.15) is 12.4 Å². The van der Waals surface area contributed by atoms with Gasteiger partial charge in [-0.3, -0.25) is 9.59 Å². The molecule has 5 nitrogen and oxygen atoms in total. The van der Waals surface area contributed by atoms with Crippen molar-refractivity contribution in [1.29, 1.82) is 0 Å². The molecular weight excluding hydrogens is 372 g/mol. The number of ether oxygens (including phenoxy) is 1. The zero-order chi connectivity index (χ0) is 19.8. The number of carbonyl (C=O) groups is 2. The van der Waals surface area contributed by atoms with Crippen molar-refractivity contribution in [3.8, 4) is 5.75 Å². The van der Waals surface area contributed by atoms with Crippen LogP contribution in [0.25, 0.3) is 0 Å². The number of benzene rings is 2. The lowest BCUT2D eigenvalue weighted by Crippen LogP contribution is -2.37. The molecule has 6 heteroatoms. The molecular formula is C22H22N2O3S. The van der Waals surface area contributed by atoms with E-state index in [9.17, 15) is 9.59 Å². The Bertz CT molecular complexity index is 893. The highest BCUT2D eigenvalue weighted by atomic mass is 32.1. The van der Waals surface area contributed by atoms with E-state index in [0.29, 0.717) is 24.6 Å². The molecule has 0 bridgehead atoms. The van der Waals surface area contributed by atoms with E-state index >= 15 is 0 Å². The molecule has 1 heterocycles. The first-order chi connectivity index (χ1) is 13.6. The highest BCUT2D eigenvalue weighted by Gasteiger charge is 2.13. The monoisotopic (exact) mass is 394 g/mol. The minimum Gasteiger partial charge on any atom is -0.489 e. The van der Waals surface area contributed by atoms with E-state index < -0.39 is 0 Å². The van der Waals surface area contributed by atoms with Crippen LogP contribution in [0.3, 0.4) is 0 Å². The third-order valence-electron chi connectivity index (χ3n) is 4.14. The zero-order valence-corrected chi connectivity index (χ0v) is 16.4. The summed E-state index contributed by atoms with van der Waals surface area (Å²) in [5.41, 5.74) is 1.86. The second kappa shape index (κ2) is 9.71. The molecule has 0 atom stereocenters. The summed E-state index contributed by atoms with van der Waals surface area (Å²) in [6, 6.07) is 20.9. The molecule has 0 saturated heterocycles. The average molecular weight is 394 g/mol. The number of amides is 2. The van der Waals surface area contributed by atoms with Gasteiger partial charge in [0.25, 0.3) is 5.91 Å². The van der Waals surface area contributed by atoms with Crippen molar-refractivity contribution in [2.45, 2.75) is 13.5 Å². The second-order valence-corrected chi connectivity index (χ2v) is 7.12. The van der Waals surface area contributed by atoms with Gasteiger partial charge in [0.15, 0.2) is 0 Å². The quantitative estimate of drug-likeness (QED) is 0.625. The van der Waals surface area contributed by atoms with Crippen LogP contribution in [-0.2, 0) is 11.4 Å². The third kappa shape index (κ3) is 5.44. The van der Waals surface area contributed by atoms with Crippen LogP contribution in [0.2, 0.25) is 0 Å². The van der Waals surface area contributed by atoms with Crippen LogP contribution in [0.1, 0.15) is 22.2 Å². The van der Waals surface area contributed by atoms with Crippen LogP contribution < -0.4 is 15.0 Å². The lowest BCUT2D eigenvalue weighted by atomic mass is 10.2. The topological polar surface area (TPSA) is 58.6 Å². The van der Waals surface area contributed by atoms with Gasteiger partial charge in [-0.25, -0.2) is 0 Å². The third-order valence-corrected chi connectivity index (χ3v) is 5.01. The van der Waals surface area contributed by atoms with Gasteiger partial charge < -0.3 is 15.0 Å². The predicted molar refractivity (Wildman–Crippen MR) is 112 cm³/mol. The molecule has 0 fully saturated rings. The largest absolute Gasteiger partial charge is 0.489 e. The number of thiophene rings is 1. The molecule has 0 aliphatic heterocycles. The maximum Gasteiger partial charge on any atom is 0.261 e. The first-order valence-electron chi connectivity index (χ1n) is 9.00. The maximum absolute atomic E-state index is 12.0. The van der Waals surface area contributed by atoms with Gasteiger partial charge in [-0.1, -0.05) is 36.4 Å². The Hall–Kier alpha value is -3.12. The van der Waals surface area contributed by atoms with Gasteiger partial charge in [-0.2, -0.15) is 0 Å². The standard InChI is InChI=1S/C22H22N2O3S/c1-17(25)24(14-13-23-22(26)21-8-5-15-28-21)19-9-11-20(12-10-19)27-16-18-6-3-2-4-7-18/h2-12,15H,13-14,16H2,1H3,(H,23,26). The van der Waals surface area contributed by atoms with Crippen LogP contribution in [0, 0.1) is 0 Å². The molecule has 2 amide bonds. The molecule has 0 unspecified atom stereocenters. The second-order valence-electron chi connectivity index (χ2n) is 6.17. The van der Waals surface area contributed by atoms with Gasteiger partial charge in [0.05, 0.1) is 4.88 Å². The lowest BCUT2D eigenvalue weighted by molar-refractivity contribution is -0.116. The number of hydrogen-bond donors (Lipinski definition) is 1.